The lowest BCUT2D eigenvalue weighted by Crippen LogP contribution is -2.50. The molecule has 0 heterocycles. The zero-order valence-electron chi connectivity index (χ0n) is 40.6. The summed E-state index contributed by atoms with van der Waals surface area (Å²) in [6, 6.07) is -0.624. The van der Waals surface area contributed by atoms with Gasteiger partial charge in [-0.15, -0.1) is 0 Å². The Bertz CT molecular complexity index is 1240. The largest absolute Gasteiger partial charge is 0.477 e. The fraction of sp³-hybridized carbons (Fsp3) is 0.722. The zero-order chi connectivity index (χ0) is 45.6. The lowest BCUT2D eigenvalue weighted by Gasteiger charge is -2.31. The van der Waals surface area contributed by atoms with Crippen LogP contribution in [0.25, 0.3) is 0 Å². The molecule has 8 heteroatoms. The van der Waals surface area contributed by atoms with Gasteiger partial charge in [-0.1, -0.05) is 222 Å². The number of likely N-dealkylation sites (N-methyl/N-ethyl adjacent to an activating group) is 1. The highest BCUT2D eigenvalue weighted by atomic mass is 16.6. The molecule has 0 spiro atoms. The van der Waals surface area contributed by atoms with Crippen molar-refractivity contribution >= 4 is 17.9 Å². The lowest BCUT2D eigenvalue weighted by molar-refractivity contribution is -0.887. The lowest BCUT2D eigenvalue weighted by atomic mass is 10.0. The maximum atomic E-state index is 12.8. The maximum absolute atomic E-state index is 12.8. The van der Waals surface area contributed by atoms with Gasteiger partial charge in [0.15, 0.2) is 12.1 Å². The van der Waals surface area contributed by atoms with Gasteiger partial charge in [0.2, 0.25) is 0 Å². The molecule has 0 amide bonds. The number of rotatable bonds is 44. The van der Waals surface area contributed by atoms with Crippen LogP contribution in [0.4, 0.5) is 0 Å². The minimum absolute atomic E-state index is 0.0450. The first-order valence-corrected chi connectivity index (χ1v) is 25.1. The summed E-state index contributed by atoms with van der Waals surface area (Å²) in [5.41, 5.74) is 0. The quantitative estimate of drug-likeness (QED) is 0.0282. The summed E-state index contributed by atoms with van der Waals surface area (Å²) in [4.78, 5) is 37.1. The van der Waals surface area contributed by atoms with Crippen LogP contribution in [-0.2, 0) is 28.6 Å². The molecule has 0 saturated carbocycles. The average molecular weight is 869 g/mol. The topological polar surface area (TPSA) is 99.1 Å². The van der Waals surface area contributed by atoms with Crippen LogP contribution in [0.15, 0.2) is 72.9 Å². The number of carbonyl (C=O) groups is 3. The van der Waals surface area contributed by atoms with E-state index in [4.69, 9.17) is 14.2 Å². The summed E-state index contributed by atoms with van der Waals surface area (Å²) < 4.78 is 17.3. The zero-order valence-corrected chi connectivity index (χ0v) is 40.6. The third-order valence-corrected chi connectivity index (χ3v) is 11.0. The monoisotopic (exact) mass is 869 g/mol. The van der Waals surface area contributed by atoms with Crippen molar-refractivity contribution in [3.63, 3.8) is 0 Å². The first-order valence-electron chi connectivity index (χ1n) is 25.1. The van der Waals surface area contributed by atoms with E-state index in [0.717, 1.165) is 51.4 Å². The minimum Gasteiger partial charge on any atom is -0.477 e. The Kier molecular flexibility index (Phi) is 42.1. The second kappa shape index (κ2) is 44.4. The molecule has 62 heavy (non-hydrogen) atoms. The molecule has 356 valence electrons. The van der Waals surface area contributed by atoms with Crippen molar-refractivity contribution < 1.29 is 38.2 Å². The van der Waals surface area contributed by atoms with Gasteiger partial charge in [0.1, 0.15) is 6.61 Å². The van der Waals surface area contributed by atoms with Gasteiger partial charge in [-0.2, -0.15) is 0 Å². The van der Waals surface area contributed by atoms with Gasteiger partial charge in [-0.3, -0.25) is 9.59 Å². The molecule has 0 aliphatic carbocycles. The molecule has 8 nitrogen and oxygen atoms in total. The number of hydrogen-bond donors (Lipinski definition) is 1. The number of ether oxygens (including phenoxy) is 3. The van der Waals surface area contributed by atoms with Crippen LogP contribution < -0.4 is 0 Å². The Morgan fingerprint density at radius 3 is 1.34 bits per heavy atom. The van der Waals surface area contributed by atoms with E-state index in [1.165, 1.54) is 116 Å². The number of nitrogens with zero attached hydrogens (tertiary/aromatic N) is 1. The number of carboxylic acids is 1. The van der Waals surface area contributed by atoms with Crippen LogP contribution in [-0.4, -0.2) is 80.6 Å². The van der Waals surface area contributed by atoms with E-state index in [2.05, 4.69) is 26.0 Å². The second-order valence-electron chi connectivity index (χ2n) is 17.9. The molecule has 0 rings (SSSR count). The van der Waals surface area contributed by atoms with E-state index >= 15 is 0 Å². The molecule has 2 atom stereocenters. The summed E-state index contributed by atoms with van der Waals surface area (Å²) in [5.74, 6) is -1.52. The van der Waals surface area contributed by atoms with Crippen molar-refractivity contribution in [1.29, 1.82) is 0 Å². The van der Waals surface area contributed by atoms with Gasteiger partial charge in [0.05, 0.1) is 34.4 Å². The van der Waals surface area contributed by atoms with Gasteiger partial charge >= 0.3 is 17.9 Å². The van der Waals surface area contributed by atoms with E-state index in [1.54, 1.807) is 0 Å². The first kappa shape index (κ1) is 58.8. The molecule has 0 aliphatic heterocycles. The highest BCUT2D eigenvalue weighted by molar-refractivity contribution is 5.72. The molecule has 0 saturated heterocycles. The molecule has 0 aliphatic rings. The summed E-state index contributed by atoms with van der Waals surface area (Å²) in [7, 11) is 5.52. The van der Waals surface area contributed by atoms with Gasteiger partial charge in [0.25, 0.3) is 0 Å². The normalized spacial score (nSPS) is 13.5. The Hall–Kier alpha value is -3.23. The summed E-state index contributed by atoms with van der Waals surface area (Å²) in [5, 5.41) is 9.65. The van der Waals surface area contributed by atoms with Crippen LogP contribution in [0.1, 0.15) is 200 Å². The first-order chi connectivity index (χ1) is 30.1. The average Bonchev–Trinajstić information content (AvgIpc) is 3.23. The Balaban J connectivity index is 4.31. The Labute approximate surface area is 381 Å². The molecule has 1 N–H and O–H groups in total. The molecule has 0 bridgehead atoms. The fourth-order valence-electron chi connectivity index (χ4n) is 7.18. The SMILES string of the molecule is CC/C=C/C=C/C=C/C=C/C=C/C=C/CCCCCC(=O)OCC(COCCC(C(=O)O)[N+](C)(C)C)OC(=O)CCCCCCCCCCCCCCCCCCCCCCC. The van der Waals surface area contributed by atoms with Crippen LogP contribution in [0.5, 0.6) is 0 Å². The van der Waals surface area contributed by atoms with Gasteiger partial charge in [-0.25, -0.2) is 4.79 Å². The molecule has 0 aromatic rings. The second-order valence-corrected chi connectivity index (χ2v) is 17.9. The molecular weight excluding hydrogens is 775 g/mol. The standard InChI is InChI=1S/C54H93NO7/c1-6-8-10-12-14-16-18-20-22-24-25-26-27-29-31-33-35-37-39-41-43-45-53(57)62-50(48-60-47-46-51(54(58)59)55(3,4)5)49-61-52(56)44-42-40-38-36-34-32-30-28-23-21-19-17-15-13-11-9-7-2/h9,11,13,15,17,19,21,23,28,30,32,34,50-51H,6-8,10,12,14,16,18,20,22,24-27,29,31,33,35-49H2,1-5H3/p+1/b11-9+,15-13+,19-17+,23-21+,30-28+,34-32+. The third kappa shape index (κ3) is 42.1. The van der Waals surface area contributed by atoms with E-state index in [-0.39, 0.29) is 36.2 Å². The predicted octanol–water partition coefficient (Wildman–Crippen LogP) is 14.3. The number of carbonyl (C=O) groups excluding carboxylic acids is 2. The van der Waals surface area contributed by atoms with E-state index < -0.39 is 18.1 Å². The van der Waals surface area contributed by atoms with Crippen molar-refractivity contribution in [2.45, 2.75) is 212 Å². The van der Waals surface area contributed by atoms with E-state index in [9.17, 15) is 19.5 Å². The number of hydrogen-bond acceptors (Lipinski definition) is 6. The smallest absolute Gasteiger partial charge is 0.362 e. The van der Waals surface area contributed by atoms with Crippen LogP contribution >= 0.6 is 0 Å². The summed E-state index contributed by atoms with van der Waals surface area (Å²) in [6.07, 6.45) is 56.7. The van der Waals surface area contributed by atoms with Crippen LogP contribution in [0, 0.1) is 0 Å². The molecule has 0 fully saturated rings. The minimum atomic E-state index is -0.882. The van der Waals surface area contributed by atoms with E-state index in [0.29, 0.717) is 19.3 Å². The molecule has 0 aromatic carbocycles. The number of carboxylic acid groups (broad SMARTS) is 1. The van der Waals surface area contributed by atoms with Crippen LogP contribution in [0.2, 0.25) is 0 Å². The number of aliphatic carboxylic acids is 1. The van der Waals surface area contributed by atoms with Crippen molar-refractivity contribution in [2.75, 3.05) is 41.0 Å². The molecule has 0 aromatic heterocycles. The number of quaternary nitrogens is 1. The van der Waals surface area contributed by atoms with Crippen LogP contribution in [0.3, 0.4) is 0 Å². The highest BCUT2D eigenvalue weighted by Gasteiger charge is 2.31. The molecule has 0 radical (unpaired) electrons. The van der Waals surface area contributed by atoms with Crippen molar-refractivity contribution in [1.82, 2.24) is 0 Å². The summed E-state index contributed by atoms with van der Waals surface area (Å²) >= 11 is 0. The molecule has 2 unspecified atom stereocenters. The van der Waals surface area contributed by atoms with Gasteiger partial charge in [0, 0.05) is 19.3 Å². The Morgan fingerprint density at radius 1 is 0.500 bits per heavy atom. The Morgan fingerprint density at radius 2 is 0.903 bits per heavy atom. The maximum Gasteiger partial charge on any atom is 0.362 e. The highest BCUT2D eigenvalue weighted by Crippen LogP contribution is 2.16. The number of esters is 2. The summed E-state index contributed by atoms with van der Waals surface area (Å²) in [6.45, 7) is 4.56. The van der Waals surface area contributed by atoms with Crippen molar-refractivity contribution in [3.8, 4) is 0 Å². The molecular formula is C54H94NO7+. The number of unbranched alkanes of at least 4 members (excludes halogenated alkanes) is 23. The number of allylic oxidation sites excluding steroid dienone is 12. The van der Waals surface area contributed by atoms with Gasteiger partial charge in [-0.05, 0) is 32.1 Å². The van der Waals surface area contributed by atoms with E-state index in [1.807, 2.05) is 81.9 Å². The van der Waals surface area contributed by atoms with Gasteiger partial charge < -0.3 is 23.8 Å². The predicted molar refractivity (Wildman–Crippen MR) is 261 cm³/mol. The van der Waals surface area contributed by atoms with Crippen molar-refractivity contribution in [3.05, 3.63) is 72.9 Å². The fourth-order valence-corrected chi connectivity index (χ4v) is 7.18. The van der Waals surface area contributed by atoms with Crippen molar-refractivity contribution in [2.24, 2.45) is 0 Å². The third-order valence-electron chi connectivity index (χ3n) is 11.0.